The maximum absolute atomic E-state index is 10.2. The minimum Gasteiger partial charge on any atom is -0.394 e. The Bertz CT molecular complexity index is 396. The Labute approximate surface area is 139 Å². The topological polar surface area (TPSA) is 158 Å². The van der Waals surface area contributed by atoms with Crippen LogP contribution in [-0.2, 0) is 18.9 Å². The summed E-state index contributed by atoms with van der Waals surface area (Å²) in [4.78, 5) is 0. The summed E-state index contributed by atoms with van der Waals surface area (Å²) < 4.78 is 21.1. The van der Waals surface area contributed by atoms with E-state index in [1.807, 2.05) is 0 Å². The highest BCUT2D eigenvalue weighted by Gasteiger charge is 2.50. The first-order valence-electron chi connectivity index (χ1n) is 7.78. The summed E-state index contributed by atoms with van der Waals surface area (Å²) in [6, 6.07) is 0. The van der Waals surface area contributed by atoms with Gasteiger partial charge < -0.3 is 49.6 Å². The normalized spacial score (nSPS) is 50.0. The molecule has 0 bridgehead atoms. The van der Waals surface area contributed by atoms with Gasteiger partial charge in [0, 0.05) is 7.11 Å². The van der Waals surface area contributed by atoms with Gasteiger partial charge in [0.2, 0.25) is 0 Å². The number of hydrogen-bond acceptors (Lipinski definition) is 10. The van der Waals surface area contributed by atoms with Gasteiger partial charge in [0.1, 0.15) is 48.8 Å². The van der Waals surface area contributed by atoms with Crippen molar-refractivity contribution in [3.05, 3.63) is 0 Å². The third-order valence-corrected chi connectivity index (χ3v) is 4.49. The maximum atomic E-state index is 10.2. The van der Waals surface area contributed by atoms with Gasteiger partial charge in [-0.15, -0.1) is 0 Å². The van der Waals surface area contributed by atoms with E-state index in [9.17, 15) is 30.6 Å². The van der Waals surface area contributed by atoms with Crippen LogP contribution in [0.1, 0.15) is 6.92 Å². The maximum Gasteiger partial charge on any atom is 0.187 e. The van der Waals surface area contributed by atoms with Gasteiger partial charge in [-0.1, -0.05) is 0 Å². The fourth-order valence-electron chi connectivity index (χ4n) is 3.03. The standard InChI is InChI=1S/C14H26O10/c1-5-8(17)13(10(19)6(3-15)22-5)24-14-11(20)12(21-2)9(18)7(4-16)23-14/h5-20H,3-4H2,1-2H3/t5?,6?,7?,8-,9-,10-,11?,12?,13?,14+/m1/s1. The van der Waals surface area contributed by atoms with Crippen LogP contribution in [0, 0.1) is 0 Å². The average Bonchev–Trinajstić information content (AvgIpc) is 2.57. The molecule has 2 heterocycles. The lowest BCUT2D eigenvalue weighted by Gasteiger charge is -2.46. The van der Waals surface area contributed by atoms with Crippen molar-refractivity contribution >= 4 is 0 Å². The molecule has 2 saturated heterocycles. The van der Waals surface area contributed by atoms with E-state index in [0.717, 1.165) is 0 Å². The van der Waals surface area contributed by atoms with E-state index in [0.29, 0.717) is 0 Å². The van der Waals surface area contributed by atoms with Crippen LogP contribution in [0.15, 0.2) is 0 Å². The van der Waals surface area contributed by atoms with Crippen LogP contribution < -0.4 is 0 Å². The Kier molecular flexibility index (Phi) is 6.90. The second-order valence-electron chi connectivity index (χ2n) is 6.05. The second kappa shape index (κ2) is 8.32. The Hall–Kier alpha value is -0.400. The molecule has 0 aliphatic carbocycles. The highest BCUT2D eigenvalue weighted by molar-refractivity contribution is 4.95. The van der Waals surface area contributed by atoms with Gasteiger partial charge in [-0.2, -0.15) is 0 Å². The van der Waals surface area contributed by atoms with Crippen LogP contribution in [-0.4, -0.2) is 112 Å². The molecule has 142 valence electrons. The molecule has 10 atom stereocenters. The van der Waals surface area contributed by atoms with Gasteiger partial charge in [0.15, 0.2) is 6.29 Å². The van der Waals surface area contributed by atoms with Crippen LogP contribution in [0.3, 0.4) is 0 Å². The summed E-state index contributed by atoms with van der Waals surface area (Å²) in [6.07, 6.45) is -11.7. The lowest BCUT2D eigenvalue weighted by atomic mass is 9.95. The molecule has 0 radical (unpaired) electrons. The van der Waals surface area contributed by atoms with E-state index in [4.69, 9.17) is 18.9 Å². The molecule has 6 N–H and O–H groups in total. The van der Waals surface area contributed by atoms with Crippen molar-refractivity contribution in [3.8, 4) is 0 Å². The zero-order valence-electron chi connectivity index (χ0n) is 13.5. The molecule has 0 amide bonds. The van der Waals surface area contributed by atoms with E-state index in [2.05, 4.69) is 0 Å². The van der Waals surface area contributed by atoms with Crippen molar-refractivity contribution in [2.75, 3.05) is 20.3 Å². The van der Waals surface area contributed by atoms with Crippen LogP contribution in [0.2, 0.25) is 0 Å². The van der Waals surface area contributed by atoms with E-state index in [1.54, 1.807) is 6.92 Å². The van der Waals surface area contributed by atoms with Crippen LogP contribution in [0.4, 0.5) is 0 Å². The molecule has 2 aliphatic heterocycles. The number of ether oxygens (including phenoxy) is 4. The molecule has 10 heteroatoms. The monoisotopic (exact) mass is 354 g/mol. The van der Waals surface area contributed by atoms with Crippen molar-refractivity contribution < 1.29 is 49.6 Å². The summed E-state index contributed by atoms with van der Waals surface area (Å²) in [6.45, 7) is 0.527. The van der Waals surface area contributed by atoms with Crippen LogP contribution in [0.5, 0.6) is 0 Å². The average molecular weight is 354 g/mol. The first kappa shape index (κ1) is 19.9. The minimum absolute atomic E-state index is 0.481. The van der Waals surface area contributed by atoms with Crippen molar-refractivity contribution in [1.82, 2.24) is 0 Å². The fraction of sp³-hybridized carbons (Fsp3) is 1.00. The molecule has 2 fully saturated rings. The van der Waals surface area contributed by atoms with E-state index in [-0.39, 0.29) is 0 Å². The van der Waals surface area contributed by atoms with Gasteiger partial charge in [-0.3, -0.25) is 0 Å². The number of aliphatic hydroxyl groups excluding tert-OH is 6. The number of aliphatic hydroxyl groups is 6. The molecule has 2 rings (SSSR count). The molecule has 6 unspecified atom stereocenters. The Balaban J connectivity index is 2.14. The Morgan fingerprint density at radius 3 is 1.88 bits per heavy atom. The third-order valence-electron chi connectivity index (χ3n) is 4.49. The first-order chi connectivity index (χ1) is 11.3. The highest BCUT2D eigenvalue weighted by Crippen LogP contribution is 2.29. The smallest absolute Gasteiger partial charge is 0.187 e. The number of rotatable bonds is 5. The van der Waals surface area contributed by atoms with Gasteiger partial charge in [-0.25, -0.2) is 0 Å². The fourth-order valence-corrected chi connectivity index (χ4v) is 3.03. The molecule has 10 nitrogen and oxygen atoms in total. The minimum atomic E-state index is -1.42. The number of methoxy groups -OCH3 is 1. The van der Waals surface area contributed by atoms with Crippen molar-refractivity contribution in [2.24, 2.45) is 0 Å². The molecule has 0 aromatic carbocycles. The summed E-state index contributed by atoms with van der Waals surface area (Å²) in [7, 11) is 1.27. The van der Waals surface area contributed by atoms with Crippen LogP contribution in [0.25, 0.3) is 0 Å². The SMILES string of the molecule is COC1C(O)[C@H](OC2[C@H](O)C(C)OC(CO)[C@H]2O)OC(CO)[C@H]1O. The summed E-state index contributed by atoms with van der Waals surface area (Å²) >= 11 is 0. The summed E-state index contributed by atoms with van der Waals surface area (Å²) in [5.74, 6) is 0. The molecule has 2 aliphatic rings. The van der Waals surface area contributed by atoms with Crippen molar-refractivity contribution in [1.29, 1.82) is 0 Å². The molecular formula is C14H26O10. The van der Waals surface area contributed by atoms with Gasteiger partial charge in [0.25, 0.3) is 0 Å². The molecule has 0 spiro atoms. The highest BCUT2D eigenvalue weighted by atomic mass is 16.7. The van der Waals surface area contributed by atoms with Gasteiger partial charge in [0.05, 0.1) is 19.3 Å². The summed E-state index contributed by atoms with van der Waals surface area (Å²) in [5.41, 5.74) is 0. The molecule has 0 aromatic heterocycles. The predicted molar refractivity (Wildman–Crippen MR) is 76.9 cm³/mol. The zero-order valence-corrected chi connectivity index (χ0v) is 13.5. The van der Waals surface area contributed by atoms with Crippen LogP contribution >= 0.6 is 0 Å². The zero-order chi connectivity index (χ0) is 18.0. The third kappa shape index (κ3) is 3.73. The van der Waals surface area contributed by atoms with E-state index in [1.165, 1.54) is 7.11 Å². The van der Waals surface area contributed by atoms with Gasteiger partial charge in [-0.05, 0) is 6.92 Å². The summed E-state index contributed by atoms with van der Waals surface area (Å²) in [5, 5.41) is 59.1. The first-order valence-corrected chi connectivity index (χ1v) is 7.78. The number of hydrogen-bond donors (Lipinski definition) is 6. The van der Waals surface area contributed by atoms with E-state index >= 15 is 0 Å². The van der Waals surface area contributed by atoms with E-state index < -0.39 is 74.4 Å². The Morgan fingerprint density at radius 1 is 0.792 bits per heavy atom. The molecular weight excluding hydrogens is 328 g/mol. The van der Waals surface area contributed by atoms with Gasteiger partial charge >= 0.3 is 0 Å². The Morgan fingerprint density at radius 2 is 1.33 bits per heavy atom. The molecule has 0 saturated carbocycles. The molecule has 24 heavy (non-hydrogen) atoms. The molecule has 0 aromatic rings. The van der Waals surface area contributed by atoms with Crippen molar-refractivity contribution in [3.63, 3.8) is 0 Å². The lowest BCUT2D eigenvalue weighted by molar-refractivity contribution is -0.342. The predicted octanol–water partition coefficient (Wildman–Crippen LogP) is -3.67. The quantitative estimate of drug-likeness (QED) is 0.290. The van der Waals surface area contributed by atoms with Crippen molar-refractivity contribution in [2.45, 2.75) is 68.1 Å². The lowest BCUT2D eigenvalue weighted by Crippen LogP contribution is -2.64. The largest absolute Gasteiger partial charge is 0.394 e. The second-order valence-corrected chi connectivity index (χ2v) is 6.05.